The second kappa shape index (κ2) is 7.60. The fraction of sp³-hybridized carbons (Fsp3) is 0.600. The largest absolute Gasteiger partial charge is 0.496 e. The van der Waals surface area contributed by atoms with Crippen LogP contribution >= 0.6 is 12.4 Å². The highest BCUT2D eigenvalue weighted by molar-refractivity contribution is 5.85. The third-order valence-corrected chi connectivity index (χ3v) is 3.99. The summed E-state index contributed by atoms with van der Waals surface area (Å²) in [6, 6.07) is 3.69. The molecular formula is C15H24ClNO3. The molecular weight excluding hydrogens is 278 g/mol. The van der Waals surface area contributed by atoms with Crippen molar-refractivity contribution in [2.45, 2.75) is 31.7 Å². The molecule has 0 bridgehead atoms. The monoisotopic (exact) mass is 301 g/mol. The first kappa shape index (κ1) is 16.9. The molecule has 1 saturated carbocycles. The minimum atomic E-state index is -0.0432. The highest BCUT2D eigenvalue weighted by atomic mass is 35.5. The number of benzene rings is 1. The smallest absolute Gasteiger partial charge is 0.131 e. The molecule has 0 spiro atoms. The lowest BCUT2D eigenvalue weighted by molar-refractivity contribution is 0.348. The van der Waals surface area contributed by atoms with Gasteiger partial charge in [-0.15, -0.1) is 12.4 Å². The quantitative estimate of drug-likeness (QED) is 0.906. The van der Waals surface area contributed by atoms with Crippen molar-refractivity contribution < 1.29 is 14.2 Å². The Kier molecular flexibility index (Phi) is 6.43. The van der Waals surface area contributed by atoms with Crippen molar-refractivity contribution in [1.29, 1.82) is 0 Å². The van der Waals surface area contributed by atoms with Crippen LogP contribution in [0.15, 0.2) is 12.1 Å². The predicted molar refractivity (Wildman–Crippen MR) is 82.2 cm³/mol. The molecule has 1 atom stereocenters. The van der Waals surface area contributed by atoms with Crippen molar-refractivity contribution in [1.82, 2.24) is 0 Å². The standard InChI is InChI=1S/C15H23NO3.ClH/c1-17-11-8-12(18-2)14(13(9-11)19-3)15(16)10-6-4-5-7-10;/h8-10,15H,4-7,16H2,1-3H3;1H/t15-;/m1./s1. The molecule has 2 N–H and O–H groups in total. The van der Waals surface area contributed by atoms with E-state index in [0.717, 1.165) is 22.8 Å². The summed E-state index contributed by atoms with van der Waals surface area (Å²) >= 11 is 0. The highest BCUT2D eigenvalue weighted by Crippen LogP contribution is 2.43. The molecule has 5 heteroatoms. The molecule has 0 aliphatic heterocycles. The van der Waals surface area contributed by atoms with E-state index in [2.05, 4.69) is 0 Å². The summed E-state index contributed by atoms with van der Waals surface area (Å²) < 4.78 is 16.2. The fourth-order valence-corrected chi connectivity index (χ4v) is 2.91. The molecule has 114 valence electrons. The van der Waals surface area contributed by atoms with Crippen LogP contribution in [0.5, 0.6) is 17.2 Å². The molecule has 0 amide bonds. The highest BCUT2D eigenvalue weighted by Gasteiger charge is 2.28. The SMILES string of the molecule is COc1cc(OC)c([C@H](N)C2CCCC2)c(OC)c1.Cl. The van der Waals surface area contributed by atoms with E-state index in [1.54, 1.807) is 21.3 Å². The van der Waals surface area contributed by atoms with E-state index in [1.807, 2.05) is 12.1 Å². The van der Waals surface area contributed by atoms with Crippen molar-refractivity contribution in [3.8, 4) is 17.2 Å². The fourth-order valence-electron chi connectivity index (χ4n) is 2.91. The summed E-state index contributed by atoms with van der Waals surface area (Å²) in [6.07, 6.45) is 4.89. The summed E-state index contributed by atoms with van der Waals surface area (Å²) in [5, 5.41) is 0. The van der Waals surface area contributed by atoms with E-state index in [-0.39, 0.29) is 18.4 Å². The summed E-state index contributed by atoms with van der Waals surface area (Å²) in [7, 11) is 4.93. The zero-order valence-electron chi connectivity index (χ0n) is 12.3. The van der Waals surface area contributed by atoms with Crippen molar-refractivity contribution in [3.63, 3.8) is 0 Å². The van der Waals surface area contributed by atoms with Crippen molar-refractivity contribution in [2.24, 2.45) is 11.7 Å². The number of methoxy groups -OCH3 is 3. The van der Waals surface area contributed by atoms with E-state index in [4.69, 9.17) is 19.9 Å². The van der Waals surface area contributed by atoms with Crippen LogP contribution in [-0.4, -0.2) is 21.3 Å². The number of hydrogen-bond donors (Lipinski definition) is 1. The van der Waals surface area contributed by atoms with Crippen LogP contribution in [0.2, 0.25) is 0 Å². The normalized spacial score (nSPS) is 16.4. The second-order valence-electron chi connectivity index (χ2n) is 5.02. The van der Waals surface area contributed by atoms with Gasteiger partial charge in [0.15, 0.2) is 0 Å². The molecule has 1 aliphatic rings. The molecule has 0 saturated heterocycles. The molecule has 0 heterocycles. The third kappa shape index (κ3) is 3.30. The van der Waals surface area contributed by atoms with Crippen LogP contribution in [0.4, 0.5) is 0 Å². The van der Waals surface area contributed by atoms with E-state index < -0.39 is 0 Å². The minimum Gasteiger partial charge on any atom is -0.496 e. The molecule has 0 radical (unpaired) electrons. The maximum Gasteiger partial charge on any atom is 0.131 e. The lowest BCUT2D eigenvalue weighted by Gasteiger charge is -2.24. The minimum absolute atomic E-state index is 0. The van der Waals surface area contributed by atoms with Gasteiger partial charge in [0, 0.05) is 18.2 Å². The van der Waals surface area contributed by atoms with Gasteiger partial charge in [0.25, 0.3) is 0 Å². The Morgan fingerprint density at radius 1 is 1.00 bits per heavy atom. The Morgan fingerprint density at radius 3 is 1.90 bits per heavy atom. The maximum absolute atomic E-state index is 6.44. The molecule has 1 aliphatic carbocycles. The number of ether oxygens (including phenoxy) is 3. The van der Waals surface area contributed by atoms with Gasteiger partial charge < -0.3 is 19.9 Å². The summed E-state index contributed by atoms with van der Waals surface area (Å²) in [6.45, 7) is 0. The summed E-state index contributed by atoms with van der Waals surface area (Å²) in [5.74, 6) is 2.72. The van der Waals surface area contributed by atoms with Gasteiger partial charge in [0.1, 0.15) is 17.2 Å². The Balaban J connectivity index is 0.00000200. The van der Waals surface area contributed by atoms with Crippen LogP contribution in [-0.2, 0) is 0 Å². The van der Waals surface area contributed by atoms with Gasteiger partial charge in [-0.3, -0.25) is 0 Å². The van der Waals surface area contributed by atoms with Gasteiger partial charge >= 0.3 is 0 Å². The van der Waals surface area contributed by atoms with Gasteiger partial charge in [0.2, 0.25) is 0 Å². The van der Waals surface area contributed by atoms with Gasteiger partial charge in [0.05, 0.1) is 26.9 Å². The molecule has 4 nitrogen and oxygen atoms in total. The average molecular weight is 302 g/mol. The van der Waals surface area contributed by atoms with Crippen LogP contribution in [0.25, 0.3) is 0 Å². The Hall–Kier alpha value is -1.13. The van der Waals surface area contributed by atoms with Gasteiger partial charge in [-0.05, 0) is 18.8 Å². The predicted octanol–water partition coefficient (Wildman–Crippen LogP) is 3.32. The molecule has 2 rings (SSSR count). The van der Waals surface area contributed by atoms with Crippen molar-refractivity contribution >= 4 is 12.4 Å². The molecule has 0 unspecified atom stereocenters. The Morgan fingerprint density at radius 2 is 1.50 bits per heavy atom. The molecule has 1 aromatic rings. The first-order valence-corrected chi connectivity index (χ1v) is 6.76. The number of hydrogen-bond acceptors (Lipinski definition) is 4. The molecule has 0 aromatic heterocycles. The van der Waals surface area contributed by atoms with E-state index >= 15 is 0 Å². The molecule has 20 heavy (non-hydrogen) atoms. The Bertz CT molecular complexity index is 408. The van der Waals surface area contributed by atoms with E-state index in [9.17, 15) is 0 Å². The average Bonchev–Trinajstić information content (AvgIpc) is 2.99. The first-order valence-electron chi connectivity index (χ1n) is 6.76. The lowest BCUT2D eigenvalue weighted by atomic mass is 9.91. The van der Waals surface area contributed by atoms with Crippen LogP contribution in [0.3, 0.4) is 0 Å². The number of rotatable bonds is 5. The lowest BCUT2D eigenvalue weighted by Crippen LogP contribution is -2.20. The van der Waals surface area contributed by atoms with Crippen LogP contribution < -0.4 is 19.9 Å². The third-order valence-electron chi connectivity index (χ3n) is 3.99. The first-order chi connectivity index (χ1) is 9.21. The van der Waals surface area contributed by atoms with Crippen molar-refractivity contribution in [3.05, 3.63) is 17.7 Å². The van der Waals surface area contributed by atoms with Gasteiger partial charge in [-0.2, -0.15) is 0 Å². The molecule has 1 aromatic carbocycles. The zero-order valence-corrected chi connectivity index (χ0v) is 13.2. The summed E-state index contributed by atoms with van der Waals surface area (Å²) in [4.78, 5) is 0. The van der Waals surface area contributed by atoms with Crippen molar-refractivity contribution in [2.75, 3.05) is 21.3 Å². The maximum atomic E-state index is 6.44. The van der Waals surface area contributed by atoms with E-state index in [0.29, 0.717) is 5.92 Å². The number of halogens is 1. The topological polar surface area (TPSA) is 53.7 Å². The molecule has 1 fully saturated rings. The summed E-state index contributed by atoms with van der Waals surface area (Å²) in [5.41, 5.74) is 7.40. The Labute approximate surface area is 127 Å². The van der Waals surface area contributed by atoms with Crippen LogP contribution in [0.1, 0.15) is 37.3 Å². The van der Waals surface area contributed by atoms with Gasteiger partial charge in [-0.25, -0.2) is 0 Å². The zero-order chi connectivity index (χ0) is 13.8. The van der Waals surface area contributed by atoms with Crippen LogP contribution in [0, 0.1) is 5.92 Å². The second-order valence-corrected chi connectivity index (χ2v) is 5.02. The number of nitrogens with two attached hydrogens (primary N) is 1. The van der Waals surface area contributed by atoms with Gasteiger partial charge in [-0.1, -0.05) is 12.8 Å². The van der Waals surface area contributed by atoms with E-state index in [1.165, 1.54) is 25.7 Å².